The largest absolute Gasteiger partial charge is 0.309 e. The zero-order valence-electron chi connectivity index (χ0n) is 82.5. The van der Waals surface area contributed by atoms with E-state index in [9.17, 15) is 0 Å². The van der Waals surface area contributed by atoms with Gasteiger partial charge in [-0.2, -0.15) is 0 Å². The highest BCUT2D eigenvalue weighted by Crippen LogP contribution is 2.58. The summed E-state index contributed by atoms with van der Waals surface area (Å²) >= 11 is 0. The maximum atomic E-state index is 2.49. The van der Waals surface area contributed by atoms with E-state index in [-0.39, 0.29) is 16.2 Å². The molecule has 147 heavy (non-hydrogen) atoms. The SMILES string of the molecule is CC1(C)c2cc3c(cc2-c2cc4c5ccccc5n(-c5cccc(-c6ccccc6)c5)c4cc21)c1ccccc1n3-c1cccc(-c2ccccc2)c1.CC1(C)c2cc3c(cc2-c2cc4c5ccccc5n(-c5cccc(-c6ccccc6)c5)c4cc21)c1ccccc1n3-c1ccccc1.CC1(C)c2ccccc2-c2cc3c4cc(-c5ccc6c(c5)c5ccccc5n6-c5ccccc5)ccc4n(-c4ccccc4)c3cc21. The van der Waals surface area contributed by atoms with Crippen molar-refractivity contribution in [3.8, 4) is 112 Å². The van der Waals surface area contributed by atoms with Crippen LogP contribution in [0.2, 0.25) is 0 Å². The molecule has 0 saturated carbocycles. The van der Waals surface area contributed by atoms with Crippen LogP contribution >= 0.6 is 0 Å². The quantitative estimate of drug-likeness (QED) is 0.131. The van der Waals surface area contributed by atoms with Gasteiger partial charge in [-0.1, -0.05) is 351 Å². The normalized spacial score (nSPS) is 13.4. The fourth-order valence-corrected chi connectivity index (χ4v) is 25.6. The van der Waals surface area contributed by atoms with Crippen LogP contribution in [0, 0.1) is 0 Å². The molecule has 6 heteroatoms. The standard InChI is InChI=1S/C51H36N2.2C45H32N2/c1-51(2)45-31-49-43(39-23-9-11-25-47(39)52(49)37-21-13-19-35(27-37)33-15-5-3-6-16-33)29-41(45)42-30-44-40-24-10-12-26-48(40)53(50(44)32-46(42)51)38-22-14-20-36(28-38)34-17-7-4-8-18-34;1-45(2)39-27-43-37(33-20-9-11-22-41(33)46(43)31-17-7-4-8-18-31)25-35(39)36-26-38-34-21-10-12-23-42(34)47(44(38)28-40(36)45)32-19-13-16-30(24-32)29-14-5-3-6-15-29;1-45(2)39-19-11-9-17-33(39)35-27-38-37-26-30(22-24-43(37)47(44(38)28-40(35)45)32-15-7-4-8-16-32)29-21-23-42-36(25-29)34-18-10-12-20-41(34)46(42)31-13-5-3-6-14-31/h3-32H,1-2H3;2*3-28H,1-2H3. The molecule has 0 fully saturated rings. The molecule has 28 aromatic rings. The first-order valence-corrected chi connectivity index (χ1v) is 51.4. The van der Waals surface area contributed by atoms with Gasteiger partial charge < -0.3 is 27.4 Å². The lowest BCUT2D eigenvalue weighted by atomic mass is 9.82. The Hall–Kier alpha value is -18.4. The highest BCUT2D eigenvalue weighted by Gasteiger charge is 2.42. The van der Waals surface area contributed by atoms with Crippen LogP contribution in [0.3, 0.4) is 0 Å². The molecule has 0 unspecified atom stereocenters. The number of para-hydroxylation sites is 8. The second kappa shape index (κ2) is 32.8. The summed E-state index contributed by atoms with van der Waals surface area (Å²) in [4.78, 5) is 0. The van der Waals surface area contributed by atoms with Gasteiger partial charge in [0.25, 0.3) is 0 Å². The molecule has 3 aliphatic rings. The first-order valence-electron chi connectivity index (χ1n) is 51.4. The van der Waals surface area contributed by atoms with Crippen molar-refractivity contribution in [2.75, 3.05) is 0 Å². The number of rotatable bonds is 10. The number of hydrogen-bond acceptors (Lipinski definition) is 0. The van der Waals surface area contributed by atoms with Gasteiger partial charge in [0, 0.05) is 115 Å². The number of hydrogen-bond donors (Lipinski definition) is 0. The van der Waals surface area contributed by atoms with Crippen LogP contribution in [0.4, 0.5) is 0 Å². The first kappa shape index (κ1) is 85.4. The molecule has 0 N–H and O–H groups in total. The summed E-state index contributed by atoms with van der Waals surface area (Å²) in [6, 6.07) is 183. The molecule has 0 atom stereocenters. The zero-order valence-corrected chi connectivity index (χ0v) is 82.5. The van der Waals surface area contributed by atoms with E-state index in [1.807, 2.05) is 0 Å². The van der Waals surface area contributed by atoms with Gasteiger partial charge in [-0.05, 0) is 299 Å². The van der Waals surface area contributed by atoms with Gasteiger partial charge in [-0.3, -0.25) is 0 Å². The number of benzene rings is 22. The third kappa shape index (κ3) is 13.1. The maximum Gasteiger partial charge on any atom is 0.0544 e. The van der Waals surface area contributed by atoms with Crippen molar-refractivity contribution in [3.63, 3.8) is 0 Å². The Morgan fingerprint density at radius 1 is 0.116 bits per heavy atom. The molecule has 31 rings (SSSR count). The van der Waals surface area contributed by atoms with Crippen LogP contribution in [-0.4, -0.2) is 27.4 Å². The number of fused-ring (bicyclic) bond motifs is 27. The van der Waals surface area contributed by atoms with Crippen molar-refractivity contribution in [2.45, 2.75) is 57.8 Å². The van der Waals surface area contributed by atoms with E-state index in [0.717, 1.165) is 0 Å². The summed E-state index contributed by atoms with van der Waals surface area (Å²) < 4.78 is 14.7. The molecule has 0 aliphatic heterocycles. The van der Waals surface area contributed by atoms with E-state index in [0.29, 0.717) is 0 Å². The van der Waals surface area contributed by atoms with Crippen LogP contribution < -0.4 is 0 Å². The summed E-state index contributed by atoms with van der Waals surface area (Å²) in [5, 5.41) is 15.4. The summed E-state index contributed by atoms with van der Waals surface area (Å²) in [6.07, 6.45) is 0. The van der Waals surface area contributed by atoms with E-state index < -0.39 is 0 Å². The molecule has 0 bridgehead atoms. The van der Waals surface area contributed by atoms with Crippen molar-refractivity contribution in [1.82, 2.24) is 27.4 Å². The maximum absolute atomic E-state index is 2.49. The van der Waals surface area contributed by atoms with E-state index in [1.54, 1.807) is 0 Å². The van der Waals surface area contributed by atoms with Gasteiger partial charge in [-0.25, -0.2) is 0 Å². The Morgan fingerprint density at radius 2 is 0.313 bits per heavy atom. The monoisotopic (exact) mass is 1880 g/mol. The van der Waals surface area contributed by atoms with Crippen molar-refractivity contribution >= 4 is 131 Å². The van der Waals surface area contributed by atoms with Crippen LogP contribution in [0.15, 0.2) is 497 Å². The lowest BCUT2D eigenvalue weighted by Gasteiger charge is -2.22. The highest BCUT2D eigenvalue weighted by atomic mass is 15.0. The molecule has 6 heterocycles. The van der Waals surface area contributed by atoms with Gasteiger partial charge in [0.2, 0.25) is 0 Å². The molecule has 3 aliphatic carbocycles. The summed E-state index contributed by atoms with van der Waals surface area (Å²) in [7, 11) is 0. The van der Waals surface area contributed by atoms with E-state index in [4.69, 9.17) is 0 Å². The van der Waals surface area contributed by atoms with Crippen molar-refractivity contribution in [1.29, 1.82) is 0 Å². The zero-order chi connectivity index (χ0) is 97.8. The average Bonchev–Trinajstić information content (AvgIpc) is 1.54. The summed E-state index contributed by atoms with van der Waals surface area (Å²) in [5.41, 5.74) is 47.7. The van der Waals surface area contributed by atoms with Gasteiger partial charge in [0.05, 0.1) is 66.2 Å². The average molecular weight is 1880 g/mol. The lowest BCUT2D eigenvalue weighted by Crippen LogP contribution is -2.15. The Balaban J connectivity index is 0.000000104. The summed E-state index contributed by atoms with van der Waals surface area (Å²) in [6.45, 7) is 14.3. The Morgan fingerprint density at radius 3 is 0.619 bits per heavy atom. The molecule has 0 radical (unpaired) electrons. The minimum absolute atomic E-state index is 0.0579. The molecular weight excluding hydrogens is 1780 g/mol. The van der Waals surface area contributed by atoms with Gasteiger partial charge in [0.15, 0.2) is 0 Å². The fraction of sp³-hybridized carbons (Fsp3) is 0.0638. The molecule has 6 aromatic heterocycles. The molecule has 0 saturated heterocycles. The molecule has 22 aromatic carbocycles. The first-order chi connectivity index (χ1) is 72.2. The van der Waals surface area contributed by atoms with Crippen molar-refractivity contribution < 1.29 is 0 Å². The topological polar surface area (TPSA) is 29.6 Å². The Bertz CT molecular complexity index is 10100. The highest BCUT2D eigenvalue weighted by molar-refractivity contribution is 6.19. The fourth-order valence-electron chi connectivity index (χ4n) is 25.6. The predicted molar refractivity (Wildman–Crippen MR) is 620 cm³/mol. The van der Waals surface area contributed by atoms with Gasteiger partial charge in [-0.15, -0.1) is 0 Å². The van der Waals surface area contributed by atoms with E-state index >= 15 is 0 Å². The van der Waals surface area contributed by atoms with Crippen LogP contribution in [0.25, 0.3) is 243 Å². The summed E-state index contributed by atoms with van der Waals surface area (Å²) in [5.74, 6) is 0. The third-order valence-corrected chi connectivity index (χ3v) is 32.7. The number of nitrogens with zero attached hydrogens (tertiary/aromatic N) is 6. The predicted octanol–water partition coefficient (Wildman–Crippen LogP) is 37.2. The second-order valence-corrected chi connectivity index (χ2v) is 41.8. The molecule has 694 valence electrons. The van der Waals surface area contributed by atoms with Crippen LogP contribution in [0.5, 0.6) is 0 Å². The molecule has 0 amide bonds. The van der Waals surface area contributed by atoms with E-state index in [2.05, 4.69) is 566 Å². The second-order valence-electron chi connectivity index (χ2n) is 41.8. The lowest BCUT2D eigenvalue weighted by molar-refractivity contribution is 0.661. The van der Waals surface area contributed by atoms with Crippen molar-refractivity contribution in [3.05, 3.63) is 531 Å². The van der Waals surface area contributed by atoms with Gasteiger partial charge in [0.1, 0.15) is 0 Å². The molecular formula is C141H100N6. The smallest absolute Gasteiger partial charge is 0.0544 e. The van der Waals surface area contributed by atoms with E-state index in [1.165, 1.54) is 276 Å². The van der Waals surface area contributed by atoms with Crippen LogP contribution in [0.1, 0.15) is 74.9 Å². The molecule has 0 spiro atoms. The minimum atomic E-state index is -0.201. The third-order valence-electron chi connectivity index (χ3n) is 32.7. The van der Waals surface area contributed by atoms with Crippen LogP contribution in [-0.2, 0) is 16.2 Å². The number of aromatic nitrogens is 6. The minimum Gasteiger partial charge on any atom is -0.309 e. The Kier molecular flexibility index (Phi) is 19.1. The van der Waals surface area contributed by atoms with Crippen molar-refractivity contribution in [2.24, 2.45) is 0 Å². The Labute approximate surface area is 852 Å². The van der Waals surface area contributed by atoms with Gasteiger partial charge >= 0.3 is 0 Å². The molecule has 6 nitrogen and oxygen atoms in total.